The van der Waals surface area contributed by atoms with Gasteiger partial charge in [0.25, 0.3) is 15.7 Å². The summed E-state index contributed by atoms with van der Waals surface area (Å²) >= 11 is 0. The molecule has 2 N–H and O–H groups in total. The molecule has 8 nitrogen and oxygen atoms in total. The predicted molar refractivity (Wildman–Crippen MR) is 76.6 cm³/mol. The number of benzene rings is 1. The van der Waals surface area contributed by atoms with Crippen molar-refractivity contribution in [3.05, 3.63) is 45.6 Å². The molecule has 0 saturated heterocycles. The Morgan fingerprint density at radius 2 is 2.14 bits per heavy atom. The zero-order valence-corrected chi connectivity index (χ0v) is 12.3. The fourth-order valence-corrected chi connectivity index (χ4v) is 3.27. The number of aromatic amines is 1. The monoisotopic (exact) mass is 310 g/mol. The molecule has 0 fully saturated rings. The molecule has 0 atom stereocenters. The number of hydrogen-bond donors (Lipinski definition) is 2. The molecule has 0 radical (unpaired) electrons. The van der Waals surface area contributed by atoms with Gasteiger partial charge in [0, 0.05) is 17.2 Å². The molecule has 9 heteroatoms. The van der Waals surface area contributed by atoms with Crippen LogP contribution in [0, 0.1) is 17.0 Å². The Labute approximate surface area is 121 Å². The summed E-state index contributed by atoms with van der Waals surface area (Å²) in [5.74, 6) is 0.267. The van der Waals surface area contributed by atoms with Crippen molar-refractivity contribution in [1.82, 2.24) is 10.2 Å². The Morgan fingerprint density at radius 1 is 1.43 bits per heavy atom. The molecule has 112 valence electrons. The van der Waals surface area contributed by atoms with Crippen LogP contribution >= 0.6 is 0 Å². The van der Waals surface area contributed by atoms with Crippen LogP contribution in [0.2, 0.25) is 0 Å². The molecule has 0 unspecified atom stereocenters. The lowest BCUT2D eigenvalue weighted by Gasteiger charge is -2.10. The van der Waals surface area contributed by atoms with Gasteiger partial charge < -0.3 is 0 Å². The van der Waals surface area contributed by atoms with E-state index in [0.29, 0.717) is 12.0 Å². The number of rotatable bonds is 5. The second kappa shape index (κ2) is 5.52. The first-order chi connectivity index (χ1) is 9.86. The molecular formula is C12H14N4O4S. The van der Waals surface area contributed by atoms with E-state index < -0.39 is 14.9 Å². The van der Waals surface area contributed by atoms with Crippen LogP contribution in [0.5, 0.6) is 0 Å². The number of nitrogens with one attached hydrogen (secondary N) is 2. The van der Waals surface area contributed by atoms with Crippen LogP contribution in [0.25, 0.3) is 0 Å². The van der Waals surface area contributed by atoms with E-state index in [1.165, 1.54) is 31.3 Å². The summed E-state index contributed by atoms with van der Waals surface area (Å²) in [5.41, 5.74) is 0.562. The third kappa shape index (κ3) is 2.87. The lowest BCUT2D eigenvalue weighted by Crippen LogP contribution is -2.16. The molecule has 0 spiro atoms. The highest BCUT2D eigenvalue weighted by Gasteiger charge is 2.24. The average molecular weight is 310 g/mol. The van der Waals surface area contributed by atoms with Crippen molar-refractivity contribution >= 4 is 21.5 Å². The molecule has 0 aliphatic rings. The highest BCUT2D eigenvalue weighted by atomic mass is 32.2. The maximum Gasteiger partial charge on any atom is 0.273 e. The van der Waals surface area contributed by atoms with E-state index in [9.17, 15) is 18.5 Å². The summed E-state index contributed by atoms with van der Waals surface area (Å²) in [5, 5.41) is 17.2. The van der Waals surface area contributed by atoms with E-state index in [1.807, 2.05) is 6.92 Å². The standard InChI is InChI=1S/C12H14N4O4S/c1-3-9-7-13-14-12(9)15-21(19,20)11-6-4-5-10(8(11)2)16(17)18/h4-7H,3H2,1-2H3,(H2,13,14,15). The summed E-state index contributed by atoms with van der Waals surface area (Å²) in [4.78, 5) is 10.2. The third-order valence-corrected chi connectivity index (χ3v) is 4.57. The Balaban J connectivity index is 2.46. The van der Waals surface area contributed by atoms with Crippen molar-refractivity contribution in [2.24, 2.45) is 0 Å². The zero-order chi connectivity index (χ0) is 15.6. The van der Waals surface area contributed by atoms with Gasteiger partial charge in [0.1, 0.15) is 5.82 Å². The van der Waals surface area contributed by atoms with E-state index in [-0.39, 0.29) is 22.0 Å². The quantitative estimate of drug-likeness (QED) is 0.646. The van der Waals surface area contributed by atoms with Gasteiger partial charge >= 0.3 is 0 Å². The van der Waals surface area contributed by atoms with Gasteiger partial charge in [-0.3, -0.25) is 19.9 Å². The smallest absolute Gasteiger partial charge is 0.263 e. The SMILES string of the molecule is CCc1cn[nH]c1NS(=O)(=O)c1cccc([N+](=O)[O-])c1C. The third-order valence-electron chi connectivity index (χ3n) is 3.08. The molecule has 0 amide bonds. The topological polar surface area (TPSA) is 118 Å². The van der Waals surface area contributed by atoms with E-state index >= 15 is 0 Å². The van der Waals surface area contributed by atoms with E-state index in [0.717, 1.165) is 0 Å². The first-order valence-corrected chi connectivity index (χ1v) is 7.64. The number of nitro benzene ring substituents is 1. The Hall–Kier alpha value is -2.42. The summed E-state index contributed by atoms with van der Waals surface area (Å²) in [6.07, 6.45) is 2.13. The molecular weight excluding hydrogens is 296 g/mol. The van der Waals surface area contributed by atoms with Crippen molar-refractivity contribution in [2.75, 3.05) is 4.72 Å². The van der Waals surface area contributed by atoms with Gasteiger partial charge in [-0.15, -0.1) is 0 Å². The fraction of sp³-hybridized carbons (Fsp3) is 0.250. The number of H-pyrrole nitrogens is 1. The van der Waals surface area contributed by atoms with Crippen LogP contribution in [0.4, 0.5) is 11.5 Å². The van der Waals surface area contributed by atoms with E-state index in [4.69, 9.17) is 0 Å². The van der Waals surface area contributed by atoms with Gasteiger partial charge in [0.15, 0.2) is 0 Å². The highest BCUT2D eigenvalue weighted by molar-refractivity contribution is 7.92. The highest BCUT2D eigenvalue weighted by Crippen LogP contribution is 2.26. The molecule has 21 heavy (non-hydrogen) atoms. The molecule has 1 heterocycles. The largest absolute Gasteiger partial charge is 0.273 e. The number of nitrogens with zero attached hydrogens (tertiary/aromatic N) is 2. The molecule has 0 aliphatic carbocycles. The van der Waals surface area contributed by atoms with Crippen LogP contribution < -0.4 is 4.72 Å². The lowest BCUT2D eigenvalue weighted by atomic mass is 10.2. The van der Waals surface area contributed by atoms with Crippen molar-refractivity contribution < 1.29 is 13.3 Å². The van der Waals surface area contributed by atoms with Crippen molar-refractivity contribution in [2.45, 2.75) is 25.2 Å². The van der Waals surface area contributed by atoms with Crippen molar-refractivity contribution in [1.29, 1.82) is 0 Å². The Bertz CT molecular complexity index is 782. The maximum atomic E-state index is 12.4. The van der Waals surface area contributed by atoms with Crippen LogP contribution in [0.15, 0.2) is 29.3 Å². The Morgan fingerprint density at radius 3 is 2.76 bits per heavy atom. The van der Waals surface area contributed by atoms with Crippen LogP contribution in [0.1, 0.15) is 18.1 Å². The number of anilines is 1. The first kappa shape index (κ1) is 15.0. The van der Waals surface area contributed by atoms with Gasteiger partial charge in [-0.1, -0.05) is 13.0 Å². The molecule has 1 aromatic heterocycles. The molecule has 0 saturated carbocycles. The maximum absolute atomic E-state index is 12.4. The normalized spacial score (nSPS) is 11.3. The Kier molecular flexibility index (Phi) is 3.94. The summed E-state index contributed by atoms with van der Waals surface area (Å²) in [7, 11) is -3.93. The van der Waals surface area contributed by atoms with Crippen LogP contribution in [0.3, 0.4) is 0 Å². The minimum absolute atomic E-state index is 0.0903. The van der Waals surface area contributed by atoms with Gasteiger partial charge in [-0.25, -0.2) is 8.42 Å². The van der Waals surface area contributed by atoms with Crippen molar-refractivity contribution in [3.8, 4) is 0 Å². The van der Waals surface area contributed by atoms with Crippen LogP contribution in [-0.2, 0) is 16.4 Å². The number of sulfonamides is 1. The summed E-state index contributed by atoms with van der Waals surface area (Å²) < 4.78 is 27.1. The zero-order valence-electron chi connectivity index (χ0n) is 11.5. The van der Waals surface area contributed by atoms with Crippen LogP contribution in [-0.4, -0.2) is 23.5 Å². The summed E-state index contributed by atoms with van der Waals surface area (Å²) in [6.45, 7) is 3.27. The number of aromatic nitrogens is 2. The number of hydrogen-bond acceptors (Lipinski definition) is 5. The van der Waals surface area contributed by atoms with E-state index in [1.54, 1.807) is 0 Å². The van der Waals surface area contributed by atoms with E-state index in [2.05, 4.69) is 14.9 Å². The lowest BCUT2D eigenvalue weighted by molar-refractivity contribution is -0.385. The predicted octanol–water partition coefficient (Wildman–Crippen LogP) is 1.99. The van der Waals surface area contributed by atoms with Crippen molar-refractivity contribution in [3.63, 3.8) is 0 Å². The van der Waals surface area contributed by atoms with Gasteiger partial charge in [0.2, 0.25) is 0 Å². The molecule has 2 aromatic rings. The minimum atomic E-state index is -3.93. The van der Waals surface area contributed by atoms with Gasteiger partial charge in [-0.05, 0) is 19.4 Å². The van der Waals surface area contributed by atoms with Gasteiger partial charge in [-0.2, -0.15) is 5.10 Å². The number of aryl methyl sites for hydroxylation is 1. The summed E-state index contributed by atoms with van der Waals surface area (Å²) in [6, 6.07) is 3.93. The molecule has 0 bridgehead atoms. The number of nitro groups is 1. The minimum Gasteiger partial charge on any atom is -0.263 e. The molecule has 2 rings (SSSR count). The molecule has 0 aliphatic heterocycles. The second-order valence-corrected chi connectivity index (χ2v) is 6.04. The van der Waals surface area contributed by atoms with Gasteiger partial charge in [0.05, 0.1) is 16.0 Å². The second-order valence-electron chi connectivity index (χ2n) is 4.39. The fourth-order valence-electron chi connectivity index (χ4n) is 1.95. The first-order valence-electron chi connectivity index (χ1n) is 6.16. The molecule has 1 aromatic carbocycles. The average Bonchev–Trinajstić information content (AvgIpc) is 2.84.